The summed E-state index contributed by atoms with van der Waals surface area (Å²) in [6.45, 7) is 4.61. The van der Waals surface area contributed by atoms with Crippen LogP contribution in [0.25, 0.3) is 0 Å². The molecule has 1 heterocycles. The van der Waals surface area contributed by atoms with Crippen molar-refractivity contribution in [3.05, 3.63) is 54.9 Å². The average Bonchev–Trinajstić information content (AvgIpc) is 2.90. The Balaban J connectivity index is 1.92. The summed E-state index contributed by atoms with van der Waals surface area (Å²) in [4.78, 5) is 12.3. The highest BCUT2D eigenvalue weighted by atomic mass is 16.5. The second kappa shape index (κ2) is 5.74. The van der Waals surface area contributed by atoms with Gasteiger partial charge < -0.3 is 9.30 Å². The predicted octanol–water partition coefficient (Wildman–Crippen LogP) is 3.16. The van der Waals surface area contributed by atoms with Gasteiger partial charge in [-0.3, -0.25) is 4.79 Å². The zero-order valence-corrected chi connectivity index (χ0v) is 11.4. The van der Waals surface area contributed by atoms with Crippen molar-refractivity contribution in [3.8, 4) is 5.75 Å². The molecule has 0 saturated heterocycles. The third-order valence-electron chi connectivity index (χ3n) is 3.09. The highest BCUT2D eigenvalue weighted by Crippen LogP contribution is 2.20. The van der Waals surface area contributed by atoms with Crippen LogP contribution in [0.5, 0.6) is 5.75 Å². The van der Waals surface area contributed by atoms with Crippen molar-refractivity contribution in [2.45, 2.75) is 20.4 Å². The third-order valence-corrected chi connectivity index (χ3v) is 3.09. The average molecular weight is 257 g/mol. The lowest BCUT2D eigenvalue weighted by Gasteiger charge is -2.23. The maximum absolute atomic E-state index is 12.3. The van der Waals surface area contributed by atoms with E-state index in [0.29, 0.717) is 13.2 Å². The van der Waals surface area contributed by atoms with Crippen LogP contribution < -0.4 is 4.74 Å². The quantitative estimate of drug-likeness (QED) is 0.796. The summed E-state index contributed by atoms with van der Waals surface area (Å²) < 4.78 is 7.56. The maximum atomic E-state index is 12.3. The van der Waals surface area contributed by atoms with Gasteiger partial charge in [0, 0.05) is 12.4 Å². The Bertz CT molecular complexity index is 515. The minimum absolute atomic E-state index is 0.166. The molecule has 0 saturated carbocycles. The van der Waals surface area contributed by atoms with Gasteiger partial charge >= 0.3 is 0 Å². The van der Waals surface area contributed by atoms with Crippen molar-refractivity contribution >= 4 is 5.78 Å². The number of carbonyl (C=O) groups is 1. The molecule has 0 aliphatic carbocycles. The van der Waals surface area contributed by atoms with Gasteiger partial charge in [-0.05, 0) is 38.1 Å². The molecule has 0 radical (unpaired) electrons. The molecule has 1 aromatic carbocycles. The van der Waals surface area contributed by atoms with Gasteiger partial charge in [-0.25, -0.2) is 0 Å². The van der Waals surface area contributed by atoms with Crippen LogP contribution >= 0.6 is 0 Å². The maximum Gasteiger partial charge on any atom is 0.161 e. The van der Waals surface area contributed by atoms with Gasteiger partial charge in [-0.15, -0.1) is 0 Å². The lowest BCUT2D eigenvalue weighted by molar-refractivity contribution is -0.129. The molecule has 2 aromatic rings. The monoisotopic (exact) mass is 257 g/mol. The summed E-state index contributed by atoms with van der Waals surface area (Å²) in [6, 6.07) is 13.4. The molecule has 0 fully saturated rings. The van der Waals surface area contributed by atoms with Crippen LogP contribution in [0.2, 0.25) is 0 Å². The van der Waals surface area contributed by atoms with Crippen LogP contribution in [-0.4, -0.2) is 17.0 Å². The number of rotatable bonds is 6. The minimum atomic E-state index is -0.500. The number of aromatic nitrogens is 1. The van der Waals surface area contributed by atoms with Crippen LogP contribution in [0.1, 0.15) is 13.8 Å². The zero-order chi connectivity index (χ0) is 13.7. The molecule has 0 spiro atoms. The number of ketones is 1. The van der Waals surface area contributed by atoms with Crippen molar-refractivity contribution in [2.75, 3.05) is 6.61 Å². The van der Waals surface area contributed by atoms with Gasteiger partial charge in [0.2, 0.25) is 0 Å². The first-order valence-corrected chi connectivity index (χ1v) is 6.40. The SMILES string of the molecule is CC(C)(COc1ccccc1)C(=O)Cn1cccc1. The Morgan fingerprint density at radius 1 is 1.11 bits per heavy atom. The summed E-state index contributed by atoms with van der Waals surface area (Å²) in [6.07, 6.45) is 3.79. The number of carbonyl (C=O) groups excluding carboxylic acids is 1. The Kier molecular flexibility index (Phi) is 4.05. The fourth-order valence-electron chi connectivity index (χ4n) is 1.72. The van der Waals surface area contributed by atoms with E-state index >= 15 is 0 Å². The fourth-order valence-corrected chi connectivity index (χ4v) is 1.72. The molecular weight excluding hydrogens is 238 g/mol. The standard InChI is InChI=1S/C16H19NO2/c1-16(2,13-19-14-8-4-3-5-9-14)15(18)12-17-10-6-7-11-17/h3-11H,12-13H2,1-2H3. The molecule has 0 N–H and O–H groups in total. The molecule has 0 aliphatic heterocycles. The van der Waals surface area contributed by atoms with E-state index in [0.717, 1.165) is 5.75 Å². The predicted molar refractivity (Wildman–Crippen MR) is 75.2 cm³/mol. The van der Waals surface area contributed by atoms with Crippen molar-refractivity contribution in [2.24, 2.45) is 5.41 Å². The number of ether oxygens (including phenoxy) is 1. The molecule has 100 valence electrons. The fraction of sp³-hybridized carbons (Fsp3) is 0.312. The minimum Gasteiger partial charge on any atom is -0.493 e. The molecular formula is C16H19NO2. The zero-order valence-electron chi connectivity index (χ0n) is 11.4. The summed E-state index contributed by atoms with van der Waals surface area (Å²) >= 11 is 0. The first-order chi connectivity index (χ1) is 9.08. The van der Waals surface area contributed by atoms with Gasteiger partial charge in [-0.2, -0.15) is 0 Å². The highest BCUT2D eigenvalue weighted by Gasteiger charge is 2.28. The molecule has 2 rings (SSSR count). The third kappa shape index (κ3) is 3.71. The second-order valence-corrected chi connectivity index (χ2v) is 5.26. The topological polar surface area (TPSA) is 31.2 Å². The van der Waals surface area contributed by atoms with Crippen molar-refractivity contribution < 1.29 is 9.53 Å². The molecule has 0 amide bonds. The molecule has 19 heavy (non-hydrogen) atoms. The number of para-hydroxylation sites is 1. The molecule has 0 aliphatic rings. The van der Waals surface area contributed by atoms with E-state index in [1.807, 2.05) is 73.3 Å². The van der Waals surface area contributed by atoms with Crippen LogP contribution in [0.4, 0.5) is 0 Å². The number of Topliss-reactive ketones (excluding diaryl/α,β-unsaturated/α-hetero) is 1. The summed E-state index contributed by atoms with van der Waals surface area (Å²) in [7, 11) is 0. The number of benzene rings is 1. The van der Waals surface area contributed by atoms with Gasteiger partial charge in [0.1, 0.15) is 12.4 Å². The second-order valence-electron chi connectivity index (χ2n) is 5.26. The Morgan fingerprint density at radius 2 is 1.74 bits per heavy atom. The van der Waals surface area contributed by atoms with Gasteiger partial charge in [0.25, 0.3) is 0 Å². The molecule has 0 atom stereocenters. The molecule has 1 aromatic heterocycles. The molecule has 3 heteroatoms. The first-order valence-electron chi connectivity index (χ1n) is 6.40. The van der Waals surface area contributed by atoms with E-state index in [2.05, 4.69) is 0 Å². The van der Waals surface area contributed by atoms with E-state index in [4.69, 9.17) is 4.74 Å². The Hall–Kier alpha value is -2.03. The van der Waals surface area contributed by atoms with E-state index < -0.39 is 5.41 Å². The molecule has 0 bridgehead atoms. The van der Waals surface area contributed by atoms with Crippen molar-refractivity contribution in [1.82, 2.24) is 4.57 Å². The normalized spacial score (nSPS) is 11.3. The Labute approximate surface area is 113 Å². The van der Waals surface area contributed by atoms with E-state index in [9.17, 15) is 4.79 Å². The van der Waals surface area contributed by atoms with Gasteiger partial charge in [-0.1, -0.05) is 18.2 Å². The molecule has 0 unspecified atom stereocenters. The van der Waals surface area contributed by atoms with Crippen LogP contribution in [0, 0.1) is 5.41 Å². The van der Waals surface area contributed by atoms with E-state index in [1.165, 1.54) is 0 Å². The number of nitrogens with zero attached hydrogens (tertiary/aromatic N) is 1. The smallest absolute Gasteiger partial charge is 0.161 e. The van der Waals surface area contributed by atoms with E-state index in [-0.39, 0.29) is 5.78 Å². The lowest BCUT2D eigenvalue weighted by Crippen LogP contribution is -2.33. The van der Waals surface area contributed by atoms with Crippen molar-refractivity contribution in [1.29, 1.82) is 0 Å². The van der Waals surface area contributed by atoms with Crippen LogP contribution in [0.3, 0.4) is 0 Å². The molecule has 3 nitrogen and oxygen atoms in total. The largest absolute Gasteiger partial charge is 0.493 e. The van der Waals surface area contributed by atoms with Crippen LogP contribution in [0.15, 0.2) is 54.9 Å². The summed E-state index contributed by atoms with van der Waals surface area (Å²) in [5.41, 5.74) is -0.500. The van der Waals surface area contributed by atoms with Gasteiger partial charge in [0.15, 0.2) is 5.78 Å². The lowest BCUT2D eigenvalue weighted by atomic mass is 9.89. The number of hydrogen-bond donors (Lipinski definition) is 0. The number of hydrogen-bond acceptors (Lipinski definition) is 2. The first kappa shape index (κ1) is 13.4. The van der Waals surface area contributed by atoms with Crippen LogP contribution in [-0.2, 0) is 11.3 Å². The summed E-state index contributed by atoms with van der Waals surface area (Å²) in [5.74, 6) is 0.962. The summed E-state index contributed by atoms with van der Waals surface area (Å²) in [5, 5.41) is 0. The van der Waals surface area contributed by atoms with Gasteiger partial charge in [0.05, 0.1) is 12.0 Å². The van der Waals surface area contributed by atoms with Crippen molar-refractivity contribution in [3.63, 3.8) is 0 Å². The van der Waals surface area contributed by atoms with E-state index in [1.54, 1.807) is 0 Å². The highest BCUT2D eigenvalue weighted by molar-refractivity contribution is 5.84. The Morgan fingerprint density at radius 3 is 2.37 bits per heavy atom.